The zero-order valence-electron chi connectivity index (χ0n) is 11.5. The number of methoxy groups -OCH3 is 1. The lowest BCUT2D eigenvalue weighted by molar-refractivity contribution is -0.105. The molecule has 2 aromatic carbocycles. The number of benzene rings is 2. The van der Waals surface area contributed by atoms with E-state index in [-0.39, 0.29) is 21.4 Å². The summed E-state index contributed by atoms with van der Waals surface area (Å²) in [4.78, 5) is 22.5. The molecule has 1 amide bonds. The zero-order valence-corrected chi connectivity index (χ0v) is 13.1. The molecule has 0 aliphatic carbocycles. The van der Waals surface area contributed by atoms with Gasteiger partial charge >= 0.3 is 5.97 Å². The predicted octanol–water partition coefficient (Wildman–Crippen LogP) is 3.69. The third kappa shape index (κ3) is 3.25. The number of ether oxygens (including phenoxy) is 1. The van der Waals surface area contributed by atoms with Crippen LogP contribution in [0.3, 0.4) is 0 Å². The quantitative estimate of drug-likeness (QED) is 0.625. The number of hydrogen-bond donors (Lipinski definition) is 2. The average molecular weight is 367 g/mol. The summed E-state index contributed by atoms with van der Waals surface area (Å²) in [7, 11) is 1.20. The van der Waals surface area contributed by atoms with Gasteiger partial charge in [-0.2, -0.15) is 0 Å². The van der Waals surface area contributed by atoms with E-state index in [0.717, 1.165) is 0 Å². The first-order chi connectivity index (χ1) is 10.6. The summed E-state index contributed by atoms with van der Waals surface area (Å²) in [5.74, 6) is -1.44. The van der Waals surface area contributed by atoms with Gasteiger partial charge < -0.3 is 15.4 Å². The Hall–Kier alpha value is -2.41. The molecule has 0 saturated carbocycles. The van der Waals surface area contributed by atoms with Crippen LogP contribution in [-0.2, 0) is 9.53 Å². The maximum Gasteiger partial charge on any atom is 0.340 e. The highest BCUT2D eigenvalue weighted by atomic mass is 79.9. The van der Waals surface area contributed by atoms with Crippen LogP contribution in [0, 0.1) is 5.82 Å². The summed E-state index contributed by atoms with van der Waals surface area (Å²) in [6, 6.07) is 10.2. The fraction of sp³-hybridized carbons (Fsp3) is 0.0667. The van der Waals surface area contributed by atoms with E-state index in [0.29, 0.717) is 12.1 Å². The summed E-state index contributed by atoms with van der Waals surface area (Å²) >= 11 is 3.06. The largest absolute Gasteiger partial charge is 0.465 e. The Morgan fingerprint density at radius 3 is 2.59 bits per heavy atom. The van der Waals surface area contributed by atoms with Crippen molar-refractivity contribution >= 4 is 45.4 Å². The molecule has 0 fully saturated rings. The van der Waals surface area contributed by atoms with Crippen LogP contribution in [0.15, 0.2) is 40.9 Å². The fourth-order valence-corrected chi connectivity index (χ4v) is 2.28. The number of rotatable bonds is 5. The summed E-state index contributed by atoms with van der Waals surface area (Å²) < 4.78 is 19.3. The average Bonchev–Trinajstić information content (AvgIpc) is 2.54. The van der Waals surface area contributed by atoms with Crippen molar-refractivity contribution in [3.05, 3.63) is 52.3 Å². The molecule has 0 spiro atoms. The molecule has 22 heavy (non-hydrogen) atoms. The van der Waals surface area contributed by atoms with Crippen molar-refractivity contribution in [2.45, 2.75) is 0 Å². The number of nitrogens with one attached hydrogen (secondary N) is 2. The van der Waals surface area contributed by atoms with Gasteiger partial charge in [-0.15, -0.1) is 0 Å². The normalized spacial score (nSPS) is 9.95. The van der Waals surface area contributed by atoms with E-state index < -0.39 is 11.8 Å². The summed E-state index contributed by atoms with van der Waals surface area (Å²) in [5, 5.41) is 5.17. The molecule has 2 aromatic rings. The molecule has 0 atom stereocenters. The Balaban J connectivity index is 2.57. The molecule has 2 rings (SSSR count). The molecule has 5 nitrogen and oxygen atoms in total. The Kier molecular flexibility index (Phi) is 5.11. The number of para-hydroxylation sites is 1. The first-order valence-electron chi connectivity index (χ1n) is 6.21. The monoisotopic (exact) mass is 366 g/mol. The maximum atomic E-state index is 14.6. The van der Waals surface area contributed by atoms with Crippen molar-refractivity contribution in [1.82, 2.24) is 0 Å². The number of carbonyl (C=O) groups excluding carboxylic acids is 2. The van der Waals surface area contributed by atoms with Gasteiger partial charge in [0, 0.05) is 5.69 Å². The Morgan fingerprint density at radius 2 is 2.00 bits per heavy atom. The van der Waals surface area contributed by atoms with Crippen LogP contribution in [0.1, 0.15) is 10.4 Å². The highest BCUT2D eigenvalue weighted by molar-refractivity contribution is 9.10. The van der Waals surface area contributed by atoms with Crippen LogP contribution in [0.25, 0.3) is 0 Å². The van der Waals surface area contributed by atoms with Crippen molar-refractivity contribution in [2.24, 2.45) is 0 Å². The summed E-state index contributed by atoms with van der Waals surface area (Å²) in [5.41, 5.74) is 0.666. The van der Waals surface area contributed by atoms with Crippen LogP contribution in [0.4, 0.5) is 21.5 Å². The minimum Gasteiger partial charge on any atom is -0.465 e. The van der Waals surface area contributed by atoms with E-state index >= 15 is 0 Å². The van der Waals surface area contributed by atoms with Gasteiger partial charge in [-0.05, 0) is 34.1 Å². The van der Waals surface area contributed by atoms with Gasteiger partial charge in [0.25, 0.3) is 0 Å². The molecule has 0 radical (unpaired) electrons. The van der Waals surface area contributed by atoms with Crippen molar-refractivity contribution < 1.29 is 18.7 Å². The summed E-state index contributed by atoms with van der Waals surface area (Å²) in [6.07, 6.45) is 0.394. The van der Waals surface area contributed by atoms with Crippen LogP contribution < -0.4 is 10.6 Å². The molecule has 0 unspecified atom stereocenters. The molecule has 0 saturated heterocycles. The van der Waals surface area contributed by atoms with E-state index in [4.69, 9.17) is 0 Å². The molecule has 0 heterocycles. The predicted molar refractivity (Wildman–Crippen MR) is 84.9 cm³/mol. The second-order valence-corrected chi connectivity index (χ2v) is 5.01. The second-order valence-electron chi connectivity index (χ2n) is 4.22. The molecule has 114 valence electrons. The van der Waals surface area contributed by atoms with Crippen LogP contribution in [0.2, 0.25) is 0 Å². The highest BCUT2D eigenvalue weighted by Crippen LogP contribution is 2.35. The second kappa shape index (κ2) is 7.04. The smallest absolute Gasteiger partial charge is 0.340 e. The maximum absolute atomic E-state index is 14.6. The van der Waals surface area contributed by atoms with E-state index in [1.807, 2.05) is 6.07 Å². The van der Waals surface area contributed by atoms with E-state index in [9.17, 15) is 14.0 Å². The number of carbonyl (C=O) groups is 2. The van der Waals surface area contributed by atoms with Gasteiger partial charge in [0.15, 0.2) is 5.82 Å². The minimum atomic E-state index is -0.723. The van der Waals surface area contributed by atoms with Crippen molar-refractivity contribution in [3.8, 4) is 0 Å². The molecule has 0 aliphatic heterocycles. The van der Waals surface area contributed by atoms with Crippen molar-refractivity contribution in [2.75, 3.05) is 17.7 Å². The van der Waals surface area contributed by atoms with E-state index in [1.165, 1.54) is 13.2 Å². The number of esters is 1. The first kappa shape index (κ1) is 16.0. The topological polar surface area (TPSA) is 67.4 Å². The standard InChI is InChI=1S/C15H12BrFN2O3/c1-22-15(21)10-7-11(18-8-20)12(16)13(17)14(10)19-9-5-3-2-4-6-9/h2-8,19H,1H3,(H,18,20). The van der Waals surface area contributed by atoms with Crippen LogP contribution in [-0.4, -0.2) is 19.5 Å². The van der Waals surface area contributed by atoms with Crippen LogP contribution >= 0.6 is 15.9 Å². The molecule has 0 bridgehead atoms. The molecule has 0 aliphatic rings. The third-order valence-corrected chi connectivity index (χ3v) is 3.64. The molecule has 2 N–H and O–H groups in total. The lowest BCUT2D eigenvalue weighted by atomic mass is 10.1. The Bertz CT molecular complexity index is 708. The van der Waals surface area contributed by atoms with Gasteiger partial charge in [-0.1, -0.05) is 18.2 Å². The van der Waals surface area contributed by atoms with Crippen molar-refractivity contribution in [1.29, 1.82) is 0 Å². The molecular weight excluding hydrogens is 355 g/mol. The van der Waals surface area contributed by atoms with Gasteiger partial charge in [0.2, 0.25) is 6.41 Å². The molecular formula is C15H12BrFN2O3. The number of amides is 1. The lowest BCUT2D eigenvalue weighted by Gasteiger charge is -2.15. The third-order valence-electron chi connectivity index (χ3n) is 2.87. The first-order valence-corrected chi connectivity index (χ1v) is 7.00. The van der Waals surface area contributed by atoms with Crippen molar-refractivity contribution in [3.63, 3.8) is 0 Å². The van der Waals surface area contributed by atoms with Gasteiger partial charge in [0.1, 0.15) is 0 Å². The van der Waals surface area contributed by atoms with E-state index in [1.54, 1.807) is 24.3 Å². The fourth-order valence-electron chi connectivity index (χ4n) is 1.85. The number of hydrogen-bond acceptors (Lipinski definition) is 4. The van der Waals surface area contributed by atoms with E-state index in [2.05, 4.69) is 31.3 Å². The van der Waals surface area contributed by atoms with Gasteiger partial charge in [-0.25, -0.2) is 9.18 Å². The zero-order chi connectivity index (χ0) is 16.1. The SMILES string of the molecule is COC(=O)c1cc(NC=O)c(Br)c(F)c1Nc1ccccc1. The highest BCUT2D eigenvalue weighted by Gasteiger charge is 2.22. The number of anilines is 3. The molecule has 0 aromatic heterocycles. The van der Waals surface area contributed by atoms with Crippen LogP contribution in [0.5, 0.6) is 0 Å². The number of halogens is 2. The lowest BCUT2D eigenvalue weighted by Crippen LogP contribution is -2.10. The molecule has 7 heteroatoms. The minimum absolute atomic E-state index is 0.0311. The van der Waals surface area contributed by atoms with Gasteiger partial charge in [0.05, 0.1) is 28.5 Å². The van der Waals surface area contributed by atoms with Gasteiger partial charge in [-0.3, -0.25) is 4.79 Å². The Labute approximate surface area is 134 Å². The Morgan fingerprint density at radius 1 is 1.32 bits per heavy atom. The summed E-state index contributed by atoms with van der Waals surface area (Å²) in [6.45, 7) is 0.